The van der Waals surface area contributed by atoms with Gasteiger partial charge in [0.2, 0.25) is 0 Å². The van der Waals surface area contributed by atoms with E-state index in [1.54, 1.807) is 18.9 Å². The van der Waals surface area contributed by atoms with E-state index in [1.165, 1.54) is 23.3 Å². The van der Waals surface area contributed by atoms with Crippen LogP contribution in [0.15, 0.2) is 17.0 Å². The lowest BCUT2D eigenvalue weighted by Crippen LogP contribution is -2.28. The Labute approximate surface area is 112 Å². The van der Waals surface area contributed by atoms with Gasteiger partial charge in [0.05, 0.1) is 12.0 Å². The molecule has 1 fully saturated rings. The molecule has 3 nitrogen and oxygen atoms in total. The van der Waals surface area contributed by atoms with Crippen LogP contribution in [-0.4, -0.2) is 26.1 Å². The van der Waals surface area contributed by atoms with E-state index in [9.17, 15) is 0 Å². The van der Waals surface area contributed by atoms with Crippen LogP contribution in [0.4, 0.5) is 0 Å². The van der Waals surface area contributed by atoms with Gasteiger partial charge < -0.3 is 14.8 Å². The van der Waals surface area contributed by atoms with E-state index in [0.29, 0.717) is 0 Å². The van der Waals surface area contributed by atoms with Crippen molar-refractivity contribution in [3.8, 4) is 11.5 Å². The molecular formula is C14H19NO2S. The second-order valence-electron chi connectivity index (χ2n) is 4.91. The Kier molecular flexibility index (Phi) is 3.66. The van der Waals surface area contributed by atoms with Gasteiger partial charge in [0.15, 0.2) is 0 Å². The molecule has 4 heteroatoms. The van der Waals surface area contributed by atoms with Crippen LogP contribution in [0.1, 0.15) is 18.4 Å². The Balaban J connectivity index is 1.81. The van der Waals surface area contributed by atoms with Gasteiger partial charge >= 0.3 is 0 Å². The first kappa shape index (κ1) is 12.2. The lowest BCUT2D eigenvalue weighted by Gasteiger charge is -2.23. The molecule has 0 aromatic heterocycles. The van der Waals surface area contributed by atoms with Crippen LogP contribution in [0.5, 0.6) is 11.5 Å². The van der Waals surface area contributed by atoms with Gasteiger partial charge in [-0.1, -0.05) is 11.8 Å². The van der Waals surface area contributed by atoms with E-state index in [0.717, 1.165) is 42.9 Å². The van der Waals surface area contributed by atoms with Crippen molar-refractivity contribution in [1.82, 2.24) is 5.32 Å². The number of hydrogen-bond acceptors (Lipinski definition) is 4. The van der Waals surface area contributed by atoms with Crippen LogP contribution in [0, 0.1) is 5.92 Å². The zero-order chi connectivity index (χ0) is 12.4. The summed E-state index contributed by atoms with van der Waals surface area (Å²) in [5, 5.41) is 3.41. The molecule has 1 aromatic carbocycles. The first-order valence-corrected chi connectivity index (χ1v) is 7.52. The molecule has 1 saturated heterocycles. The highest BCUT2D eigenvalue weighted by Crippen LogP contribution is 2.41. The number of fused-ring (bicyclic) bond motifs is 1. The van der Waals surface area contributed by atoms with Crippen LogP contribution in [0.25, 0.3) is 0 Å². The van der Waals surface area contributed by atoms with Crippen molar-refractivity contribution < 1.29 is 9.47 Å². The maximum absolute atomic E-state index is 5.62. The van der Waals surface area contributed by atoms with Crippen LogP contribution in [0.3, 0.4) is 0 Å². The minimum absolute atomic E-state index is 0.731. The number of hydrogen-bond donors (Lipinski definition) is 1. The molecule has 1 aromatic rings. The maximum Gasteiger partial charge on any atom is 0.138 e. The minimum atomic E-state index is 0.731. The molecule has 0 bridgehead atoms. The number of thioether (sulfide) groups is 1. The molecule has 98 valence electrons. The molecule has 0 unspecified atom stereocenters. The second-order valence-corrected chi connectivity index (χ2v) is 5.88. The average Bonchev–Trinajstić information content (AvgIpc) is 2.86. The van der Waals surface area contributed by atoms with Crippen LogP contribution >= 0.6 is 11.8 Å². The number of methoxy groups -OCH3 is 1. The van der Waals surface area contributed by atoms with Crippen molar-refractivity contribution >= 4 is 11.8 Å². The van der Waals surface area contributed by atoms with E-state index < -0.39 is 0 Å². The molecular weight excluding hydrogens is 246 g/mol. The summed E-state index contributed by atoms with van der Waals surface area (Å²) in [5.74, 6) is 3.55. The Hall–Kier alpha value is -0.870. The largest absolute Gasteiger partial charge is 0.496 e. The first-order chi connectivity index (χ1) is 8.86. The van der Waals surface area contributed by atoms with Crippen LogP contribution in [0.2, 0.25) is 0 Å². The third-order valence-electron chi connectivity index (χ3n) is 3.74. The lowest BCUT2D eigenvalue weighted by molar-refractivity contribution is 0.357. The molecule has 0 atom stereocenters. The van der Waals surface area contributed by atoms with Crippen molar-refractivity contribution in [3.63, 3.8) is 0 Å². The van der Waals surface area contributed by atoms with Crippen molar-refractivity contribution in [2.24, 2.45) is 5.92 Å². The molecule has 2 aliphatic heterocycles. The number of nitrogens with one attached hydrogen (secondary N) is 1. The Morgan fingerprint density at radius 3 is 3.00 bits per heavy atom. The topological polar surface area (TPSA) is 30.5 Å². The summed E-state index contributed by atoms with van der Waals surface area (Å²) in [4.78, 5) is 1.21. The third kappa shape index (κ3) is 2.45. The van der Waals surface area contributed by atoms with Crippen molar-refractivity contribution in [2.75, 3.05) is 26.1 Å². The van der Waals surface area contributed by atoms with Gasteiger partial charge in [-0.15, -0.1) is 0 Å². The Bertz CT molecular complexity index is 430. The summed E-state index contributed by atoms with van der Waals surface area (Å²) in [6.45, 7) is 2.29. The quantitative estimate of drug-likeness (QED) is 0.910. The minimum Gasteiger partial charge on any atom is -0.496 e. The zero-order valence-corrected chi connectivity index (χ0v) is 11.5. The van der Waals surface area contributed by atoms with Gasteiger partial charge in [-0.25, -0.2) is 0 Å². The summed E-state index contributed by atoms with van der Waals surface area (Å²) in [6, 6.07) is 4.31. The van der Waals surface area contributed by atoms with E-state index in [4.69, 9.17) is 9.47 Å². The first-order valence-electron chi connectivity index (χ1n) is 6.54. The number of benzene rings is 1. The summed E-state index contributed by atoms with van der Waals surface area (Å²) >= 11 is 1.74. The van der Waals surface area contributed by atoms with Gasteiger partial charge in [0.1, 0.15) is 17.4 Å². The summed E-state index contributed by atoms with van der Waals surface area (Å²) in [5.41, 5.74) is 1.30. The third-order valence-corrected chi connectivity index (χ3v) is 4.61. The molecule has 2 aliphatic rings. The highest BCUT2D eigenvalue weighted by Gasteiger charge is 2.20. The van der Waals surface area contributed by atoms with Gasteiger partial charge in [0.25, 0.3) is 0 Å². The molecule has 0 saturated carbocycles. The van der Waals surface area contributed by atoms with E-state index >= 15 is 0 Å². The van der Waals surface area contributed by atoms with Crippen molar-refractivity contribution in [2.45, 2.75) is 24.2 Å². The molecule has 3 rings (SSSR count). The molecule has 1 N–H and O–H groups in total. The lowest BCUT2D eigenvalue weighted by atomic mass is 9.90. The highest BCUT2D eigenvalue weighted by molar-refractivity contribution is 7.99. The molecule has 0 amide bonds. The van der Waals surface area contributed by atoms with Gasteiger partial charge in [-0.05, 0) is 56.0 Å². The predicted molar refractivity (Wildman–Crippen MR) is 73.6 cm³/mol. The number of rotatable bonds is 3. The number of piperidine rings is 1. The standard InChI is InChI=1S/C14H19NO2S/c1-16-12-8-14-13(17-9-18-14)7-11(12)6-10-2-4-15-5-3-10/h7-8,10,15H,2-6,9H2,1H3. The van der Waals surface area contributed by atoms with E-state index in [2.05, 4.69) is 17.4 Å². The van der Waals surface area contributed by atoms with Crippen molar-refractivity contribution in [3.05, 3.63) is 17.7 Å². The van der Waals surface area contributed by atoms with E-state index in [-0.39, 0.29) is 0 Å². The smallest absolute Gasteiger partial charge is 0.138 e. The fourth-order valence-corrected chi connectivity index (χ4v) is 3.48. The van der Waals surface area contributed by atoms with Gasteiger partial charge in [0, 0.05) is 0 Å². The molecule has 18 heavy (non-hydrogen) atoms. The monoisotopic (exact) mass is 265 g/mol. The summed E-state index contributed by atoms with van der Waals surface area (Å²) in [7, 11) is 1.76. The second kappa shape index (κ2) is 5.41. The SMILES string of the molecule is COc1cc2c(cc1CC1CCNCC1)OCS2. The Morgan fingerprint density at radius 1 is 1.39 bits per heavy atom. The van der Waals surface area contributed by atoms with Gasteiger partial charge in [-0.3, -0.25) is 0 Å². The molecule has 0 aliphatic carbocycles. The zero-order valence-electron chi connectivity index (χ0n) is 10.7. The Morgan fingerprint density at radius 2 is 2.22 bits per heavy atom. The van der Waals surface area contributed by atoms with Crippen LogP contribution < -0.4 is 14.8 Å². The van der Waals surface area contributed by atoms with Crippen molar-refractivity contribution in [1.29, 1.82) is 0 Å². The fraction of sp³-hybridized carbons (Fsp3) is 0.571. The molecule has 0 spiro atoms. The number of ether oxygens (including phenoxy) is 2. The molecule has 0 radical (unpaired) electrons. The average molecular weight is 265 g/mol. The predicted octanol–water partition coefficient (Wildman–Crippen LogP) is 2.68. The maximum atomic E-state index is 5.62. The normalized spacial score (nSPS) is 19.4. The summed E-state index contributed by atoms with van der Waals surface area (Å²) in [6.07, 6.45) is 3.62. The van der Waals surface area contributed by atoms with E-state index in [1.807, 2.05) is 0 Å². The molecule has 2 heterocycles. The van der Waals surface area contributed by atoms with Crippen LogP contribution in [-0.2, 0) is 6.42 Å². The van der Waals surface area contributed by atoms with Gasteiger partial charge in [-0.2, -0.15) is 0 Å². The fourth-order valence-electron chi connectivity index (χ4n) is 2.71. The summed E-state index contributed by atoms with van der Waals surface area (Å²) < 4.78 is 11.2. The highest BCUT2D eigenvalue weighted by atomic mass is 32.2.